The number of amides is 2. The lowest BCUT2D eigenvalue weighted by Gasteiger charge is -2.26. The van der Waals surface area contributed by atoms with E-state index in [0.29, 0.717) is 0 Å². The van der Waals surface area contributed by atoms with Gasteiger partial charge in [-0.3, -0.25) is 4.79 Å². The number of esters is 1. The maximum atomic E-state index is 13.7. The molecule has 38 heavy (non-hydrogen) atoms. The van der Waals surface area contributed by atoms with Gasteiger partial charge in [-0.2, -0.15) is 13.2 Å². The minimum Gasteiger partial charge on any atom is -0.458 e. The normalized spacial score (nSPS) is 13.1. The number of rotatable bonds is 7. The Balaban J connectivity index is 2.44. The van der Waals surface area contributed by atoms with E-state index in [1.807, 2.05) is 0 Å². The van der Waals surface area contributed by atoms with Gasteiger partial charge in [0, 0.05) is 11.9 Å². The number of fused-ring (bicyclic) bond motifs is 1. The number of hydrogen-bond acceptors (Lipinski definition) is 9. The molecule has 2 rings (SSSR count). The molecule has 2 amide bonds. The van der Waals surface area contributed by atoms with Crippen LogP contribution in [0.2, 0.25) is 0 Å². The van der Waals surface area contributed by atoms with Crippen molar-refractivity contribution in [2.45, 2.75) is 71.4 Å². The van der Waals surface area contributed by atoms with Gasteiger partial charge in [0.1, 0.15) is 23.1 Å². The van der Waals surface area contributed by atoms with Crippen LogP contribution < -0.4 is 22.1 Å². The predicted molar refractivity (Wildman–Crippen MR) is 137 cm³/mol. The van der Waals surface area contributed by atoms with Crippen LogP contribution in [0.1, 0.15) is 64.0 Å². The van der Waals surface area contributed by atoms with Gasteiger partial charge >= 0.3 is 18.2 Å². The lowest BCUT2D eigenvalue weighted by Crippen LogP contribution is -2.46. The Bertz CT molecular complexity index is 1240. The van der Waals surface area contributed by atoms with Crippen molar-refractivity contribution in [1.29, 1.82) is 0 Å². The number of alkyl carbamates (subject to hydrolysis) is 1. The van der Waals surface area contributed by atoms with Gasteiger partial charge in [0.25, 0.3) is 5.91 Å². The van der Waals surface area contributed by atoms with Crippen molar-refractivity contribution in [3.05, 3.63) is 21.8 Å². The van der Waals surface area contributed by atoms with Gasteiger partial charge < -0.3 is 31.6 Å². The van der Waals surface area contributed by atoms with E-state index in [1.54, 1.807) is 41.5 Å². The number of nitrogens with one attached hydrogen (secondary N) is 2. The molecule has 0 aliphatic carbocycles. The first-order valence-corrected chi connectivity index (χ1v) is 12.1. The van der Waals surface area contributed by atoms with Crippen LogP contribution in [0.25, 0.3) is 11.0 Å². The highest BCUT2D eigenvalue weighted by atomic mass is 79.9. The van der Waals surface area contributed by atoms with Crippen molar-refractivity contribution >= 4 is 56.4 Å². The van der Waals surface area contributed by atoms with Gasteiger partial charge in [-0.05, 0) is 70.0 Å². The third-order valence-electron chi connectivity index (χ3n) is 4.60. The molecule has 0 saturated carbocycles. The Morgan fingerprint density at radius 1 is 1.05 bits per heavy atom. The highest BCUT2D eigenvalue weighted by Gasteiger charge is 2.37. The summed E-state index contributed by atoms with van der Waals surface area (Å²) < 4.78 is 51.2. The Morgan fingerprint density at radius 3 is 2.13 bits per heavy atom. The molecular formula is C23H30BrF3N6O5. The Labute approximate surface area is 225 Å². The largest absolute Gasteiger partial charge is 0.458 e. The van der Waals surface area contributed by atoms with E-state index in [0.717, 1.165) is 0 Å². The first-order chi connectivity index (χ1) is 17.2. The number of carbonyl (C=O) groups excluding carboxylic acids is 3. The fourth-order valence-electron chi connectivity index (χ4n) is 3.15. The minimum atomic E-state index is -4.86. The molecule has 0 fully saturated rings. The molecule has 0 radical (unpaired) electrons. The van der Waals surface area contributed by atoms with Crippen molar-refractivity contribution in [3.8, 4) is 0 Å². The molecule has 0 aliphatic rings. The van der Waals surface area contributed by atoms with Crippen molar-refractivity contribution in [2.75, 3.05) is 17.6 Å². The first kappa shape index (κ1) is 30.9. The number of nitrogen functional groups attached to an aromatic ring is 1. The lowest BCUT2D eigenvalue weighted by molar-refractivity contribution is -0.157. The molecule has 0 aromatic carbocycles. The zero-order valence-electron chi connectivity index (χ0n) is 21.7. The summed E-state index contributed by atoms with van der Waals surface area (Å²) in [5.74, 6) is -2.10. The molecule has 0 aliphatic heterocycles. The number of alkyl halides is 3. The Kier molecular flexibility index (Phi) is 9.07. The standard InChI is InChI=1S/C23H30BrF3N6O5/c1-21(2,3)37-19(35)12(31-20(36)38-22(4,5)6)7-8-30-14-10-9-11(17(29)34)16(28)33-18(10)32-15(13(14)24)23(25,26)27/h9,12H,7-8H2,1-6H3,(H2,29,34)(H,31,36)(H3,28,30,32,33). The predicted octanol–water partition coefficient (Wildman–Crippen LogP) is 4.13. The SMILES string of the molecule is CC(C)(C)OC(=O)NC(CCNc1c(Br)c(C(F)(F)F)nc2nc(N)c(C(N)=O)cc12)C(=O)OC(C)(C)C. The van der Waals surface area contributed by atoms with Gasteiger partial charge in [0.15, 0.2) is 11.3 Å². The average Bonchev–Trinajstić information content (AvgIpc) is 2.70. The topological polar surface area (TPSA) is 172 Å². The number of aromatic nitrogens is 2. The summed E-state index contributed by atoms with van der Waals surface area (Å²) in [6.45, 7) is 9.71. The number of ether oxygens (including phenoxy) is 2. The summed E-state index contributed by atoms with van der Waals surface area (Å²) in [6.07, 6.45) is -5.86. The highest BCUT2D eigenvalue weighted by molar-refractivity contribution is 9.10. The number of nitrogens with zero attached hydrogens (tertiary/aromatic N) is 2. The quantitative estimate of drug-likeness (QED) is 0.338. The molecule has 0 saturated heterocycles. The monoisotopic (exact) mass is 606 g/mol. The fourth-order valence-corrected chi connectivity index (χ4v) is 3.82. The van der Waals surface area contributed by atoms with Crippen LogP contribution in [-0.2, 0) is 20.4 Å². The van der Waals surface area contributed by atoms with Gasteiger partial charge in [-0.25, -0.2) is 19.6 Å². The van der Waals surface area contributed by atoms with Gasteiger partial charge in [-0.15, -0.1) is 0 Å². The molecule has 1 unspecified atom stereocenters. The minimum absolute atomic E-state index is 0.0156. The van der Waals surface area contributed by atoms with E-state index in [4.69, 9.17) is 20.9 Å². The van der Waals surface area contributed by atoms with E-state index >= 15 is 0 Å². The maximum absolute atomic E-state index is 13.7. The fraction of sp³-hybridized carbons (Fsp3) is 0.522. The van der Waals surface area contributed by atoms with Gasteiger partial charge in [0.2, 0.25) is 0 Å². The zero-order valence-corrected chi connectivity index (χ0v) is 23.3. The molecule has 2 aromatic rings. The van der Waals surface area contributed by atoms with Crippen LogP contribution in [-0.4, -0.2) is 51.7 Å². The van der Waals surface area contributed by atoms with Gasteiger partial charge in [0.05, 0.1) is 15.7 Å². The number of carbonyl (C=O) groups is 3. The van der Waals surface area contributed by atoms with Crippen LogP contribution in [0.5, 0.6) is 0 Å². The molecule has 2 aromatic heterocycles. The second-order valence-corrected chi connectivity index (χ2v) is 11.0. The summed E-state index contributed by atoms with van der Waals surface area (Å²) in [5, 5.41) is 5.25. The van der Waals surface area contributed by atoms with Crippen LogP contribution >= 0.6 is 15.9 Å². The maximum Gasteiger partial charge on any atom is 0.434 e. The average molecular weight is 607 g/mol. The highest BCUT2D eigenvalue weighted by Crippen LogP contribution is 2.41. The summed E-state index contributed by atoms with van der Waals surface area (Å²) in [6, 6.07) is -0.0367. The molecule has 0 bridgehead atoms. The molecule has 1 atom stereocenters. The summed E-state index contributed by atoms with van der Waals surface area (Å²) in [7, 11) is 0. The third kappa shape index (κ3) is 8.33. The van der Waals surface area contributed by atoms with Crippen LogP contribution in [0, 0.1) is 0 Å². The zero-order chi connectivity index (χ0) is 29.2. The second-order valence-electron chi connectivity index (χ2n) is 10.3. The van der Waals surface area contributed by atoms with Gasteiger partial charge in [-0.1, -0.05) is 0 Å². The van der Waals surface area contributed by atoms with Crippen molar-refractivity contribution in [2.24, 2.45) is 5.73 Å². The molecule has 15 heteroatoms. The number of nitrogens with two attached hydrogens (primary N) is 2. The number of anilines is 2. The Hall–Kier alpha value is -3.36. The number of pyridine rings is 2. The summed E-state index contributed by atoms with van der Waals surface area (Å²) >= 11 is 2.93. The molecule has 6 N–H and O–H groups in total. The van der Waals surface area contributed by atoms with Crippen LogP contribution in [0.3, 0.4) is 0 Å². The third-order valence-corrected chi connectivity index (χ3v) is 5.37. The van der Waals surface area contributed by atoms with Crippen LogP contribution in [0.15, 0.2) is 10.5 Å². The summed E-state index contributed by atoms with van der Waals surface area (Å²) in [5.41, 5.74) is 7.25. The molecular weight excluding hydrogens is 577 g/mol. The summed E-state index contributed by atoms with van der Waals surface area (Å²) in [4.78, 5) is 44.2. The first-order valence-electron chi connectivity index (χ1n) is 11.3. The van der Waals surface area contributed by atoms with E-state index < -0.39 is 51.6 Å². The molecule has 11 nitrogen and oxygen atoms in total. The molecule has 0 spiro atoms. The number of halogens is 4. The smallest absolute Gasteiger partial charge is 0.434 e. The lowest BCUT2D eigenvalue weighted by atomic mass is 10.1. The Morgan fingerprint density at radius 2 is 1.63 bits per heavy atom. The number of primary amides is 1. The van der Waals surface area contributed by atoms with Crippen molar-refractivity contribution < 1.29 is 37.0 Å². The van der Waals surface area contributed by atoms with E-state index in [2.05, 4.69) is 36.5 Å². The van der Waals surface area contributed by atoms with E-state index in [1.165, 1.54) is 6.07 Å². The second kappa shape index (κ2) is 11.2. The van der Waals surface area contributed by atoms with Crippen molar-refractivity contribution in [3.63, 3.8) is 0 Å². The van der Waals surface area contributed by atoms with Crippen LogP contribution in [0.4, 0.5) is 29.5 Å². The molecule has 210 valence electrons. The molecule has 2 heterocycles. The number of hydrogen-bond donors (Lipinski definition) is 4. The van der Waals surface area contributed by atoms with E-state index in [9.17, 15) is 27.6 Å². The van der Waals surface area contributed by atoms with E-state index in [-0.39, 0.29) is 41.1 Å². The van der Waals surface area contributed by atoms with Crippen molar-refractivity contribution in [1.82, 2.24) is 15.3 Å².